The van der Waals surface area contributed by atoms with Gasteiger partial charge in [0, 0.05) is 25.3 Å². The second kappa shape index (κ2) is 6.26. The largest absolute Gasteiger partial charge is 0.494 e. The number of ether oxygens (including phenoxy) is 1. The fraction of sp³-hybridized carbons (Fsp3) is 0.600. The number of hydrogen-bond acceptors (Lipinski definition) is 4. The van der Waals surface area contributed by atoms with E-state index < -0.39 is 5.60 Å². The molecule has 1 aliphatic rings. The van der Waals surface area contributed by atoms with E-state index in [0.29, 0.717) is 0 Å². The topological polar surface area (TPSA) is 58.7 Å². The number of hydrogen-bond donors (Lipinski definition) is 2. The first-order chi connectivity index (χ1) is 9.05. The molecule has 1 saturated heterocycles. The summed E-state index contributed by atoms with van der Waals surface area (Å²) in [5.74, 6) is 0.871. The maximum Gasteiger partial charge on any atom is 0.119 e. The molecular weight excluding hydrogens is 240 g/mol. The molecule has 2 rings (SSSR count). The van der Waals surface area contributed by atoms with Crippen molar-refractivity contribution in [2.24, 2.45) is 0 Å². The van der Waals surface area contributed by atoms with Crippen molar-refractivity contribution in [2.75, 3.05) is 32.0 Å². The van der Waals surface area contributed by atoms with Crippen LogP contribution in [-0.2, 0) is 0 Å². The number of nitrogens with two attached hydrogens (primary N) is 1. The SMILES string of the molecule is CC1(O)CCN(CCCOc2ccc(N)cc2)CC1. The van der Waals surface area contributed by atoms with Gasteiger partial charge in [-0.05, 0) is 50.5 Å². The van der Waals surface area contributed by atoms with Gasteiger partial charge in [0.1, 0.15) is 5.75 Å². The lowest BCUT2D eigenvalue weighted by molar-refractivity contribution is -0.00603. The normalized spacial score (nSPS) is 19.3. The average Bonchev–Trinajstić information content (AvgIpc) is 2.38. The molecular formula is C15H24N2O2. The number of nitrogens with zero attached hydrogens (tertiary/aromatic N) is 1. The van der Waals surface area contributed by atoms with E-state index in [1.165, 1.54) is 0 Å². The van der Waals surface area contributed by atoms with Crippen LogP contribution in [-0.4, -0.2) is 41.8 Å². The summed E-state index contributed by atoms with van der Waals surface area (Å²) in [6, 6.07) is 7.49. The van der Waals surface area contributed by atoms with E-state index >= 15 is 0 Å². The quantitative estimate of drug-likeness (QED) is 0.630. The number of likely N-dealkylation sites (tertiary alicyclic amines) is 1. The lowest BCUT2D eigenvalue weighted by Crippen LogP contribution is -2.42. The molecule has 1 heterocycles. The highest BCUT2D eigenvalue weighted by atomic mass is 16.5. The molecule has 1 fully saturated rings. The van der Waals surface area contributed by atoms with Gasteiger partial charge in [0.25, 0.3) is 0 Å². The Bertz CT molecular complexity index is 380. The van der Waals surface area contributed by atoms with Crippen LogP contribution in [0.2, 0.25) is 0 Å². The lowest BCUT2D eigenvalue weighted by Gasteiger charge is -2.35. The molecule has 0 saturated carbocycles. The Labute approximate surface area is 115 Å². The van der Waals surface area contributed by atoms with Crippen molar-refractivity contribution in [1.29, 1.82) is 0 Å². The maximum absolute atomic E-state index is 9.87. The summed E-state index contributed by atoms with van der Waals surface area (Å²) in [6.45, 7) is 5.64. The second-order valence-electron chi connectivity index (χ2n) is 5.61. The van der Waals surface area contributed by atoms with Gasteiger partial charge in [-0.1, -0.05) is 0 Å². The van der Waals surface area contributed by atoms with Gasteiger partial charge in [-0.3, -0.25) is 0 Å². The Morgan fingerprint density at radius 2 is 1.89 bits per heavy atom. The fourth-order valence-electron chi connectivity index (χ4n) is 2.30. The zero-order valence-electron chi connectivity index (χ0n) is 11.6. The maximum atomic E-state index is 9.87. The molecule has 0 spiro atoms. The summed E-state index contributed by atoms with van der Waals surface area (Å²) in [5, 5.41) is 9.87. The zero-order chi connectivity index (χ0) is 13.7. The van der Waals surface area contributed by atoms with Gasteiger partial charge >= 0.3 is 0 Å². The van der Waals surface area contributed by atoms with Crippen LogP contribution in [0, 0.1) is 0 Å². The molecule has 4 heteroatoms. The standard InChI is InChI=1S/C15H24N2O2/c1-15(18)7-10-17(11-8-15)9-2-12-19-14-5-3-13(16)4-6-14/h3-6,18H,2,7-12,16H2,1H3. The summed E-state index contributed by atoms with van der Waals surface area (Å²) in [4.78, 5) is 2.39. The second-order valence-corrected chi connectivity index (χ2v) is 5.61. The number of nitrogen functional groups attached to an aromatic ring is 1. The molecule has 0 aromatic heterocycles. The number of piperidine rings is 1. The molecule has 0 aliphatic carbocycles. The average molecular weight is 264 g/mol. The number of anilines is 1. The van der Waals surface area contributed by atoms with E-state index in [0.717, 1.165) is 56.9 Å². The van der Waals surface area contributed by atoms with Crippen LogP contribution >= 0.6 is 0 Å². The monoisotopic (exact) mass is 264 g/mol. The van der Waals surface area contributed by atoms with Gasteiger partial charge < -0.3 is 20.5 Å². The Morgan fingerprint density at radius 3 is 2.53 bits per heavy atom. The minimum Gasteiger partial charge on any atom is -0.494 e. The predicted octanol–water partition coefficient (Wildman–Crippen LogP) is 1.88. The molecule has 106 valence electrons. The summed E-state index contributed by atoms with van der Waals surface area (Å²) < 4.78 is 5.66. The highest BCUT2D eigenvalue weighted by molar-refractivity contribution is 5.41. The van der Waals surface area contributed by atoms with Gasteiger partial charge in [0.15, 0.2) is 0 Å². The van der Waals surface area contributed by atoms with E-state index in [2.05, 4.69) is 4.90 Å². The number of aliphatic hydroxyl groups is 1. The van der Waals surface area contributed by atoms with Crippen molar-refractivity contribution in [1.82, 2.24) is 4.90 Å². The molecule has 0 unspecified atom stereocenters. The van der Waals surface area contributed by atoms with Gasteiger partial charge in [-0.15, -0.1) is 0 Å². The van der Waals surface area contributed by atoms with Crippen LogP contribution in [0.25, 0.3) is 0 Å². The summed E-state index contributed by atoms with van der Waals surface area (Å²) in [5.41, 5.74) is 5.91. The van der Waals surface area contributed by atoms with Crippen LogP contribution in [0.4, 0.5) is 5.69 Å². The van der Waals surface area contributed by atoms with Crippen molar-refractivity contribution in [3.8, 4) is 5.75 Å². The van der Waals surface area contributed by atoms with Gasteiger partial charge in [0.05, 0.1) is 12.2 Å². The molecule has 3 N–H and O–H groups in total. The molecule has 0 radical (unpaired) electrons. The fourth-order valence-corrected chi connectivity index (χ4v) is 2.30. The van der Waals surface area contributed by atoms with E-state index in [9.17, 15) is 5.11 Å². The van der Waals surface area contributed by atoms with Gasteiger partial charge in [-0.25, -0.2) is 0 Å². The van der Waals surface area contributed by atoms with Crippen molar-refractivity contribution in [3.05, 3.63) is 24.3 Å². The molecule has 1 aliphatic heterocycles. The Kier molecular flexibility index (Phi) is 4.66. The van der Waals surface area contributed by atoms with Crippen molar-refractivity contribution in [2.45, 2.75) is 31.8 Å². The molecule has 0 bridgehead atoms. The van der Waals surface area contributed by atoms with E-state index in [-0.39, 0.29) is 0 Å². The Balaban J connectivity index is 1.61. The predicted molar refractivity (Wildman–Crippen MR) is 77.3 cm³/mol. The van der Waals surface area contributed by atoms with Crippen LogP contribution < -0.4 is 10.5 Å². The Hall–Kier alpha value is -1.26. The van der Waals surface area contributed by atoms with Crippen molar-refractivity contribution in [3.63, 3.8) is 0 Å². The van der Waals surface area contributed by atoms with E-state index in [4.69, 9.17) is 10.5 Å². The summed E-state index contributed by atoms with van der Waals surface area (Å²) in [6.07, 6.45) is 2.74. The van der Waals surface area contributed by atoms with E-state index in [1.807, 2.05) is 31.2 Å². The van der Waals surface area contributed by atoms with Gasteiger partial charge in [-0.2, -0.15) is 0 Å². The van der Waals surface area contributed by atoms with E-state index in [1.54, 1.807) is 0 Å². The van der Waals surface area contributed by atoms with Crippen LogP contribution in [0.5, 0.6) is 5.75 Å². The van der Waals surface area contributed by atoms with Crippen molar-refractivity contribution < 1.29 is 9.84 Å². The Morgan fingerprint density at radius 1 is 1.26 bits per heavy atom. The van der Waals surface area contributed by atoms with Crippen LogP contribution in [0.3, 0.4) is 0 Å². The van der Waals surface area contributed by atoms with Crippen LogP contribution in [0.1, 0.15) is 26.2 Å². The first kappa shape index (κ1) is 14.2. The van der Waals surface area contributed by atoms with Gasteiger partial charge in [0.2, 0.25) is 0 Å². The molecule has 0 amide bonds. The third-order valence-electron chi connectivity index (χ3n) is 3.70. The smallest absolute Gasteiger partial charge is 0.119 e. The lowest BCUT2D eigenvalue weighted by atomic mass is 9.94. The molecule has 4 nitrogen and oxygen atoms in total. The molecule has 19 heavy (non-hydrogen) atoms. The minimum absolute atomic E-state index is 0.461. The third kappa shape index (κ3) is 4.73. The molecule has 1 aromatic rings. The highest BCUT2D eigenvalue weighted by Gasteiger charge is 2.26. The summed E-state index contributed by atoms with van der Waals surface area (Å²) in [7, 11) is 0. The van der Waals surface area contributed by atoms with Crippen molar-refractivity contribution >= 4 is 5.69 Å². The highest BCUT2D eigenvalue weighted by Crippen LogP contribution is 2.21. The minimum atomic E-state index is -0.461. The molecule has 0 atom stereocenters. The first-order valence-electron chi connectivity index (χ1n) is 6.98. The third-order valence-corrected chi connectivity index (χ3v) is 3.70. The van der Waals surface area contributed by atoms with Crippen LogP contribution in [0.15, 0.2) is 24.3 Å². The summed E-state index contributed by atoms with van der Waals surface area (Å²) >= 11 is 0. The number of benzene rings is 1. The zero-order valence-corrected chi connectivity index (χ0v) is 11.6. The number of rotatable bonds is 5. The molecule has 1 aromatic carbocycles. The first-order valence-corrected chi connectivity index (χ1v) is 6.98.